The van der Waals surface area contributed by atoms with E-state index < -0.39 is 5.91 Å². The zero-order chi connectivity index (χ0) is 15.6. The number of nitrogens with one attached hydrogen (secondary N) is 2. The molecule has 5 heteroatoms. The number of hydrazone groups is 1. The molecule has 0 fully saturated rings. The molecular weight excluding hydrogens is 278 g/mol. The minimum Gasteiger partial charge on any atom is -0.352 e. The van der Waals surface area contributed by atoms with Gasteiger partial charge in [-0.15, -0.1) is 0 Å². The number of hydrogen-bond acceptors (Lipinski definition) is 3. The summed E-state index contributed by atoms with van der Waals surface area (Å²) in [6, 6.07) is 18.9. The molecule has 0 aromatic heterocycles. The smallest absolute Gasteiger partial charge is 0.249 e. The van der Waals surface area contributed by atoms with Gasteiger partial charge >= 0.3 is 0 Å². The Bertz CT molecular complexity index is 639. The van der Waals surface area contributed by atoms with E-state index in [-0.39, 0.29) is 12.3 Å². The van der Waals surface area contributed by atoms with Gasteiger partial charge in [-0.05, 0) is 11.1 Å². The van der Waals surface area contributed by atoms with Gasteiger partial charge in [-0.1, -0.05) is 60.7 Å². The Morgan fingerprint density at radius 1 is 0.909 bits per heavy atom. The monoisotopic (exact) mass is 295 g/mol. The molecule has 5 nitrogen and oxygen atoms in total. The van der Waals surface area contributed by atoms with Crippen LogP contribution in [-0.2, 0) is 16.1 Å². The number of amides is 2. The van der Waals surface area contributed by atoms with E-state index in [4.69, 9.17) is 0 Å². The minimum atomic E-state index is -0.447. The predicted octanol–water partition coefficient (Wildman–Crippen LogP) is 1.84. The average Bonchev–Trinajstić information content (AvgIpc) is 2.55. The number of benzene rings is 2. The molecule has 0 spiro atoms. The van der Waals surface area contributed by atoms with E-state index in [9.17, 15) is 9.59 Å². The number of hydrogen-bond donors (Lipinski definition) is 2. The van der Waals surface area contributed by atoms with Crippen LogP contribution in [0, 0.1) is 0 Å². The van der Waals surface area contributed by atoms with Crippen molar-refractivity contribution in [3.8, 4) is 0 Å². The predicted molar refractivity (Wildman–Crippen MR) is 85.1 cm³/mol. The van der Waals surface area contributed by atoms with Crippen LogP contribution in [0.3, 0.4) is 0 Å². The molecule has 2 N–H and O–H groups in total. The fraction of sp³-hybridized carbons (Fsp3) is 0.118. The zero-order valence-corrected chi connectivity index (χ0v) is 12.0. The fourth-order valence-corrected chi connectivity index (χ4v) is 1.76. The lowest BCUT2D eigenvalue weighted by Gasteiger charge is -2.04. The van der Waals surface area contributed by atoms with Crippen LogP contribution in [0.15, 0.2) is 65.8 Å². The number of carbonyl (C=O) groups is 2. The van der Waals surface area contributed by atoms with Crippen molar-refractivity contribution in [1.82, 2.24) is 10.7 Å². The molecule has 2 rings (SSSR count). The Morgan fingerprint density at radius 3 is 2.23 bits per heavy atom. The minimum absolute atomic E-state index is 0.251. The summed E-state index contributed by atoms with van der Waals surface area (Å²) in [5.41, 5.74) is 4.19. The van der Waals surface area contributed by atoms with Crippen LogP contribution in [0.5, 0.6) is 0 Å². The third-order valence-electron chi connectivity index (χ3n) is 2.86. The van der Waals surface area contributed by atoms with E-state index in [0.29, 0.717) is 6.54 Å². The van der Waals surface area contributed by atoms with Gasteiger partial charge in [0.1, 0.15) is 6.42 Å². The highest BCUT2D eigenvalue weighted by Gasteiger charge is 2.07. The van der Waals surface area contributed by atoms with Crippen LogP contribution in [0.1, 0.15) is 17.5 Å². The molecule has 0 heterocycles. The Balaban J connectivity index is 1.70. The maximum atomic E-state index is 11.6. The first-order valence-electron chi connectivity index (χ1n) is 6.91. The van der Waals surface area contributed by atoms with Crippen molar-refractivity contribution in [2.45, 2.75) is 13.0 Å². The Morgan fingerprint density at radius 2 is 1.55 bits per heavy atom. The van der Waals surface area contributed by atoms with Crippen LogP contribution in [0.2, 0.25) is 0 Å². The molecule has 0 aliphatic carbocycles. The molecule has 0 aliphatic rings. The largest absolute Gasteiger partial charge is 0.352 e. The Hall–Kier alpha value is -2.95. The van der Waals surface area contributed by atoms with Gasteiger partial charge in [-0.2, -0.15) is 5.10 Å². The second-order valence-corrected chi connectivity index (χ2v) is 4.64. The van der Waals surface area contributed by atoms with Crippen molar-refractivity contribution in [1.29, 1.82) is 0 Å². The Kier molecular flexibility index (Phi) is 5.87. The van der Waals surface area contributed by atoms with Crippen molar-refractivity contribution in [3.63, 3.8) is 0 Å². The summed E-state index contributed by atoms with van der Waals surface area (Å²) in [5.74, 6) is -0.783. The second-order valence-electron chi connectivity index (χ2n) is 4.64. The van der Waals surface area contributed by atoms with Gasteiger partial charge in [-0.3, -0.25) is 9.59 Å². The molecule has 0 saturated heterocycles. The van der Waals surface area contributed by atoms with E-state index in [0.717, 1.165) is 11.1 Å². The first-order valence-corrected chi connectivity index (χ1v) is 6.91. The molecule has 112 valence electrons. The highest BCUT2D eigenvalue weighted by Crippen LogP contribution is 1.97. The zero-order valence-electron chi connectivity index (χ0n) is 12.0. The topological polar surface area (TPSA) is 70.6 Å². The Labute approximate surface area is 129 Å². The lowest BCUT2D eigenvalue weighted by Crippen LogP contribution is -2.29. The van der Waals surface area contributed by atoms with E-state index in [2.05, 4.69) is 15.8 Å². The maximum Gasteiger partial charge on any atom is 0.249 e. The van der Waals surface area contributed by atoms with Gasteiger partial charge in [0.15, 0.2) is 0 Å². The molecule has 0 bridgehead atoms. The maximum absolute atomic E-state index is 11.6. The summed E-state index contributed by atoms with van der Waals surface area (Å²) in [5, 5.41) is 6.49. The molecule has 0 saturated carbocycles. The molecule has 0 radical (unpaired) electrons. The second kappa shape index (κ2) is 8.36. The van der Waals surface area contributed by atoms with Crippen LogP contribution < -0.4 is 10.7 Å². The molecule has 2 aromatic rings. The lowest BCUT2D eigenvalue weighted by molar-refractivity contribution is -0.129. The summed E-state index contributed by atoms with van der Waals surface area (Å²) in [6.45, 7) is 0.403. The average molecular weight is 295 g/mol. The summed E-state index contributed by atoms with van der Waals surface area (Å²) >= 11 is 0. The van der Waals surface area contributed by atoms with Gasteiger partial charge in [0.05, 0.1) is 6.21 Å². The number of rotatable bonds is 6. The fourth-order valence-electron chi connectivity index (χ4n) is 1.76. The molecule has 2 aromatic carbocycles. The summed E-state index contributed by atoms with van der Waals surface area (Å²) in [7, 11) is 0. The summed E-state index contributed by atoms with van der Waals surface area (Å²) in [4.78, 5) is 23.2. The standard InChI is InChI=1S/C17H17N3O2/c21-16(18-12-14-7-3-1-4-8-14)11-17(22)20-19-13-15-9-5-2-6-10-15/h1-10,13H,11-12H2,(H,18,21)(H,20,22)/b19-13-. The van der Waals surface area contributed by atoms with Crippen LogP contribution in [-0.4, -0.2) is 18.0 Å². The quantitative estimate of drug-likeness (QED) is 0.485. The highest BCUT2D eigenvalue weighted by atomic mass is 16.2. The normalized spacial score (nSPS) is 10.4. The van der Waals surface area contributed by atoms with Gasteiger partial charge in [0.2, 0.25) is 11.8 Å². The van der Waals surface area contributed by atoms with Gasteiger partial charge in [0.25, 0.3) is 0 Å². The van der Waals surface area contributed by atoms with Crippen LogP contribution >= 0.6 is 0 Å². The van der Waals surface area contributed by atoms with E-state index >= 15 is 0 Å². The summed E-state index contributed by atoms with van der Waals surface area (Å²) in [6.07, 6.45) is 1.28. The SMILES string of the molecule is O=C(CC(=O)N/N=C\c1ccccc1)NCc1ccccc1. The molecule has 0 unspecified atom stereocenters. The lowest BCUT2D eigenvalue weighted by atomic mass is 10.2. The molecule has 0 aliphatic heterocycles. The van der Waals surface area contributed by atoms with Gasteiger partial charge < -0.3 is 5.32 Å². The third-order valence-corrected chi connectivity index (χ3v) is 2.86. The first kappa shape index (κ1) is 15.4. The number of carbonyl (C=O) groups excluding carboxylic acids is 2. The van der Waals surface area contributed by atoms with Gasteiger partial charge in [0, 0.05) is 6.54 Å². The van der Waals surface area contributed by atoms with E-state index in [1.165, 1.54) is 6.21 Å². The van der Waals surface area contributed by atoms with E-state index in [1.54, 1.807) is 0 Å². The molecular formula is C17H17N3O2. The van der Waals surface area contributed by atoms with Gasteiger partial charge in [-0.25, -0.2) is 5.43 Å². The van der Waals surface area contributed by atoms with Crippen molar-refractivity contribution in [2.24, 2.45) is 5.10 Å². The molecule has 22 heavy (non-hydrogen) atoms. The van der Waals surface area contributed by atoms with Crippen LogP contribution in [0.25, 0.3) is 0 Å². The molecule has 2 amide bonds. The highest BCUT2D eigenvalue weighted by molar-refractivity contribution is 5.97. The van der Waals surface area contributed by atoms with Crippen molar-refractivity contribution in [2.75, 3.05) is 0 Å². The van der Waals surface area contributed by atoms with Crippen molar-refractivity contribution >= 4 is 18.0 Å². The molecule has 0 atom stereocenters. The van der Waals surface area contributed by atoms with Crippen molar-refractivity contribution in [3.05, 3.63) is 71.8 Å². The van der Waals surface area contributed by atoms with Crippen LogP contribution in [0.4, 0.5) is 0 Å². The van der Waals surface area contributed by atoms with E-state index in [1.807, 2.05) is 60.7 Å². The summed E-state index contributed by atoms with van der Waals surface area (Å²) < 4.78 is 0. The first-order chi connectivity index (χ1) is 10.7. The van der Waals surface area contributed by atoms with Crippen molar-refractivity contribution < 1.29 is 9.59 Å². The third kappa shape index (κ3) is 5.58. The number of nitrogens with zero attached hydrogens (tertiary/aromatic N) is 1.